The van der Waals surface area contributed by atoms with Gasteiger partial charge in [-0.15, -0.1) is 10.2 Å². The van der Waals surface area contributed by atoms with E-state index in [0.29, 0.717) is 31.5 Å². The number of nitrogens with zero attached hydrogens (tertiary/aromatic N) is 4. The van der Waals surface area contributed by atoms with Crippen molar-refractivity contribution in [3.05, 3.63) is 11.6 Å². The van der Waals surface area contributed by atoms with E-state index in [4.69, 9.17) is 0 Å². The normalized spacial score (nSPS) is 18.1. The molecule has 0 amide bonds. The first-order valence-electron chi connectivity index (χ1n) is 6.86. The Morgan fingerprint density at radius 3 is 2.70 bits per heavy atom. The molecule has 2 heterocycles. The van der Waals surface area contributed by atoms with Crippen molar-refractivity contribution in [1.29, 1.82) is 0 Å². The lowest BCUT2D eigenvalue weighted by Gasteiger charge is -2.28. The second-order valence-corrected chi connectivity index (χ2v) is 5.13. The number of aromatic nitrogens is 3. The third-order valence-electron chi connectivity index (χ3n) is 3.62. The van der Waals surface area contributed by atoms with E-state index >= 15 is 0 Å². The van der Waals surface area contributed by atoms with Crippen LogP contribution in [0.5, 0.6) is 0 Å². The van der Waals surface area contributed by atoms with Crippen molar-refractivity contribution in [3.63, 3.8) is 0 Å². The highest BCUT2D eigenvalue weighted by atomic mass is 19.4. The number of hydrogen-bond donors (Lipinski definition) is 1. The van der Waals surface area contributed by atoms with Crippen LogP contribution in [0.25, 0.3) is 0 Å². The summed E-state index contributed by atoms with van der Waals surface area (Å²) < 4.78 is 39.2. The minimum atomic E-state index is -4.43. The Balaban J connectivity index is 1.90. The lowest BCUT2D eigenvalue weighted by Crippen LogP contribution is -2.40. The predicted molar refractivity (Wildman–Crippen MR) is 68.1 cm³/mol. The molecule has 2 rings (SSSR count). The first-order valence-corrected chi connectivity index (χ1v) is 6.86. The third-order valence-corrected chi connectivity index (χ3v) is 3.62. The number of nitrogens with one attached hydrogen (secondary N) is 1. The maximum Gasteiger partial charge on any atom is 0.451 e. The van der Waals surface area contributed by atoms with Gasteiger partial charge in [0.05, 0.1) is 6.54 Å². The van der Waals surface area contributed by atoms with Gasteiger partial charge in [0, 0.05) is 32.2 Å². The Morgan fingerprint density at radius 2 is 2.05 bits per heavy atom. The van der Waals surface area contributed by atoms with E-state index in [1.54, 1.807) is 0 Å². The average Bonchev–Trinajstić information content (AvgIpc) is 2.81. The van der Waals surface area contributed by atoms with Crippen molar-refractivity contribution in [3.8, 4) is 0 Å². The maximum absolute atomic E-state index is 12.7. The molecule has 1 aromatic rings. The van der Waals surface area contributed by atoms with E-state index in [9.17, 15) is 13.2 Å². The van der Waals surface area contributed by atoms with Crippen LogP contribution in [0.15, 0.2) is 0 Å². The molecule has 0 aromatic carbocycles. The lowest BCUT2D eigenvalue weighted by molar-refractivity contribution is -0.148. The number of alkyl halides is 3. The zero-order chi connectivity index (χ0) is 14.8. The van der Waals surface area contributed by atoms with Gasteiger partial charge in [0.15, 0.2) is 0 Å². The summed E-state index contributed by atoms with van der Waals surface area (Å²) in [5, 5.41) is 10.3. The highest BCUT2D eigenvalue weighted by Crippen LogP contribution is 2.29. The van der Waals surface area contributed by atoms with Crippen LogP contribution in [0.4, 0.5) is 13.2 Å². The van der Waals surface area contributed by atoms with Gasteiger partial charge in [0.1, 0.15) is 5.82 Å². The van der Waals surface area contributed by atoms with Gasteiger partial charge in [-0.05, 0) is 13.3 Å². The highest BCUT2D eigenvalue weighted by Gasteiger charge is 2.39. The van der Waals surface area contributed by atoms with Gasteiger partial charge in [-0.2, -0.15) is 13.2 Å². The van der Waals surface area contributed by atoms with Crippen LogP contribution in [0.2, 0.25) is 0 Å². The minimum Gasteiger partial charge on any atom is -0.313 e. The molecule has 1 atom stereocenters. The Labute approximate surface area is 116 Å². The smallest absolute Gasteiger partial charge is 0.313 e. The summed E-state index contributed by atoms with van der Waals surface area (Å²) >= 11 is 0. The van der Waals surface area contributed by atoms with Crippen LogP contribution in [0, 0.1) is 0 Å². The molecule has 0 saturated carbocycles. The summed E-state index contributed by atoms with van der Waals surface area (Å²) in [6.07, 6.45) is -3.37. The predicted octanol–water partition coefficient (Wildman–Crippen LogP) is 1.50. The zero-order valence-electron chi connectivity index (χ0n) is 11.7. The molecule has 0 spiro atoms. The molecule has 1 aliphatic heterocycles. The fraction of sp³-hybridized carbons (Fsp3) is 0.833. The van der Waals surface area contributed by atoms with E-state index in [2.05, 4.69) is 34.3 Å². The van der Waals surface area contributed by atoms with Crippen molar-refractivity contribution in [2.45, 2.75) is 45.6 Å². The van der Waals surface area contributed by atoms with Crippen LogP contribution < -0.4 is 5.32 Å². The molecule has 0 radical (unpaired) electrons. The number of hydrogen-bond acceptors (Lipinski definition) is 4. The topological polar surface area (TPSA) is 46.0 Å². The molecule has 8 heteroatoms. The van der Waals surface area contributed by atoms with Gasteiger partial charge in [0.25, 0.3) is 0 Å². The van der Waals surface area contributed by atoms with Crippen molar-refractivity contribution in [2.24, 2.45) is 0 Å². The fourth-order valence-corrected chi connectivity index (χ4v) is 2.22. The molecular weight excluding hydrogens is 271 g/mol. The summed E-state index contributed by atoms with van der Waals surface area (Å²) in [5.41, 5.74) is 0. The largest absolute Gasteiger partial charge is 0.451 e. The molecule has 0 bridgehead atoms. The summed E-state index contributed by atoms with van der Waals surface area (Å²) in [4.78, 5) is 2.10. The van der Waals surface area contributed by atoms with E-state index in [0.717, 1.165) is 19.5 Å². The third kappa shape index (κ3) is 3.49. The zero-order valence-corrected chi connectivity index (χ0v) is 11.7. The van der Waals surface area contributed by atoms with Crippen molar-refractivity contribution in [1.82, 2.24) is 25.0 Å². The fourth-order valence-electron chi connectivity index (χ4n) is 2.22. The monoisotopic (exact) mass is 291 g/mol. The van der Waals surface area contributed by atoms with Crippen LogP contribution in [0.1, 0.15) is 31.9 Å². The van der Waals surface area contributed by atoms with E-state index in [-0.39, 0.29) is 0 Å². The Kier molecular flexibility index (Phi) is 4.64. The van der Waals surface area contributed by atoms with E-state index < -0.39 is 12.0 Å². The SMILES string of the molecule is CCC(C)NCCN1CCn2c(nnc2C(F)(F)F)C1. The molecule has 1 unspecified atom stereocenters. The van der Waals surface area contributed by atoms with Crippen LogP contribution in [-0.2, 0) is 19.3 Å². The summed E-state index contributed by atoms with van der Waals surface area (Å²) in [5.74, 6) is -0.489. The van der Waals surface area contributed by atoms with Crippen molar-refractivity contribution < 1.29 is 13.2 Å². The number of halogens is 3. The minimum absolute atomic E-state index is 0.292. The molecule has 0 aliphatic carbocycles. The average molecular weight is 291 g/mol. The highest BCUT2D eigenvalue weighted by molar-refractivity contribution is 5.02. The van der Waals surface area contributed by atoms with Crippen LogP contribution >= 0.6 is 0 Å². The molecule has 5 nitrogen and oxygen atoms in total. The number of rotatable bonds is 5. The second-order valence-electron chi connectivity index (χ2n) is 5.13. The van der Waals surface area contributed by atoms with E-state index in [1.807, 2.05) is 0 Å². The van der Waals surface area contributed by atoms with Crippen molar-refractivity contribution in [2.75, 3.05) is 19.6 Å². The standard InChI is InChI=1S/C12H20F3N5/c1-3-9(2)16-4-5-19-6-7-20-10(8-19)17-18-11(20)12(13,14)15/h9,16H,3-8H2,1-2H3. The van der Waals surface area contributed by atoms with Gasteiger partial charge >= 0.3 is 6.18 Å². The Morgan fingerprint density at radius 1 is 1.30 bits per heavy atom. The van der Waals surface area contributed by atoms with Crippen molar-refractivity contribution >= 4 is 0 Å². The molecular formula is C12H20F3N5. The molecule has 114 valence electrons. The molecule has 0 fully saturated rings. The van der Waals surface area contributed by atoms with Gasteiger partial charge in [-0.3, -0.25) is 4.90 Å². The first-order chi connectivity index (χ1) is 9.41. The van der Waals surface area contributed by atoms with E-state index in [1.165, 1.54) is 4.57 Å². The maximum atomic E-state index is 12.7. The molecule has 1 aliphatic rings. The summed E-state index contributed by atoms with van der Waals surface area (Å²) in [7, 11) is 0. The molecule has 1 N–H and O–H groups in total. The van der Waals surface area contributed by atoms with Crippen LogP contribution in [-0.4, -0.2) is 45.3 Å². The molecule has 20 heavy (non-hydrogen) atoms. The molecule has 1 aromatic heterocycles. The van der Waals surface area contributed by atoms with Crippen LogP contribution in [0.3, 0.4) is 0 Å². The first kappa shape index (κ1) is 15.2. The number of fused-ring (bicyclic) bond motifs is 1. The summed E-state index contributed by atoms with van der Waals surface area (Å²) in [6, 6.07) is 0.459. The van der Waals surface area contributed by atoms with Gasteiger partial charge in [-0.1, -0.05) is 6.92 Å². The molecule has 0 saturated heterocycles. The van der Waals surface area contributed by atoms with Gasteiger partial charge in [-0.25, -0.2) is 0 Å². The Hall–Kier alpha value is -1.15. The summed E-state index contributed by atoms with van der Waals surface area (Å²) in [6.45, 7) is 7.16. The van der Waals surface area contributed by atoms with Gasteiger partial charge < -0.3 is 9.88 Å². The Bertz CT molecular complexity index is 443. The quantitative estimate of drug-likeness (QED) is 0.893. The van der Waals surface area contributed by atoms with Gasteiger partial charge in [0.2, 0.25) is 5.82 Å². The second kappa shape index (κ2) is 6.09. The lowest BCUT2D eigenvalue weighted by atomic mass is 10.2.